The van der Waals surface area contributed by atoms with E-state index >= 15 is 0 Å². The molecule has 190 valence electrons. The van der Waals surface area contributed by atoms with E-state index in [-0.39, 0.29) is 5.82 Å². The Kier molecular flexibility index (Phi) is 5.90. The minimum Gasteiger partial charge on any atom is -0.292 e. The summed E-state index contributed by atoms with van der Waals surface area (Å²) in [7, 11) is 0. The van der Waals surface area contributed by atoms with Gasteiger partial charge in [0.1, 0.15) is 11.6 Å². The summed E-state index contributed by atoms with van der Waals surface area (Å²) in [6, 6.07) is 42.2. The third-order valence-corrected chi connectivity index (χ3v) is 6.74. The van der Waals surface area contributed by atoms with Crippen LogP contribution >= 0.6 is 0 Å². The molecule has 0 saturated carbocycles. The topological polar surface area (TPSA) is 56.5 Å². The fourth-order valence-corrected chi connectivity index (χ4v) is 4.83. The molecule has 0 unspecified atom stereocenters. The number of para-hydroxylation sites is 2. The molecular formula is C34H22FN5. The number of hydrogen-bond acceptors (Lipinski definition) is 4. The molecule has 0 aliphatic carbocycles. The lowest BCUT2D eigenvalue weighted by atomic mass is 10.1. The Balaban J connectivity index is 1.43. The molecule has 0 saturated heterocycles. The summed E-state index contributed by atoms with van der Waals surface area (Å²) in [6.07, 6.45) is 0. The van der Waals surface area contributed by atoms with Crippen LogP contribution in [0.1, 0.15) is 0 Å². The Morgan fingerprint density at radius 2 is 1.02 bits per heavy atom. The Morgan fingerprint density at radius 1 is 0.475 bits per heavy atom. The number of imidazole rings is 1. The van der Waals surface area contributed by atoms with Crippen molar-refractivity contribution in [2.24, 2.45) is 0 Å². The Labute approximate surface area is 230 Å². The van der Waals surface area contributed by atoms with E-state index in [9.17, 15) is 4.39 Å². The molecule has 0 spiro atoms. The van der Waals surface area contributed by atoms with E-state index in [1.165, 1.54) is 6.07 Å². The van der Waals surface area contributed by atoms with Gasteiger partial charge in [0, 0.05) is 22.4 Å². The van der Waals surface area contributed by atoms with E-state index in [4.69, 9.17) is 19.9 Å². The van der Waals surface area contributed by atoms with Crippen molar-refractivity contribution in [3.63, 3.8) is 0 Å². The van der Waals surface area contributed by atoms with Gasteiger partial charge in [-0.2, -0.15) is 0 Å². The van der Waals surface area contributed by atoms with Gasteiger partial charge in [-0.3, -0.25) is 4.57 Å². The first-order chi connectivity index (χ1) is 19.7. The quantitative estimate of drug-likeness (QED) is 0.231. The summed E-state index contributed by atoms with van der Waals surface area (Å²) >= 11 is 0. The molecule has 0 atom stereocenters. The second-order valence-corrected chi connectivity index (χ2v) is 9.33. The van der Waals surface area contributed by atoms with Crippen LogP contribution < -0.4 is 0 Å². The molecule has 0 aliphatic rings. The van der Waals surface area contributed by atoms with Crippen LogP contribution in [0.3, 0.4) is 0 Å². The highest BCUT2D eigenvalue weighted by Gasteiger charge is 2.18. The van der Waals surface area contributed by atoms with E-state index in [1.54, 1.807) is 12.1 Å². The molecule has 2 heterocycles. The summed E-state index contributed by atoms with van der Waals surface area (Å²) < 4.78 is 17.0. The first-order valence-electron chi connectivity index (χ1n) is 12.9. The zero-order valence-electron chi connectivity index (χ0n) is 21.3. The first kappa shape index (κ1) is 23.6. The highest BCUT2D eigenvalue weighted by Crippen LogP contribution is 2.32. The maximum absolute atomic E-state index is 15.0. The second-order valence-electron chi connectivity index (χ2n) is 9.33. The molecule has 5 aromatic carbocycles. The number of fused-ring (bicyclic) bond motifs is 1. The molecule has 0 aliphatic heterocycles. The van der Waals surface area contributed by atoms with Crippen LogP contribution in [0.2, 0.25) is 0 Å². The Morgan fingerprint density at radius 3 is 1.70 bits per heavy atom. The number of rotatable bonds is 5. The highest BCUT2D eigenvalue weighted by atomic mass is 19.1. The van der Waals surface area contributed by atoms with Gasteiger partial charge in [0.25, 0.3) is 0 Å². The largest absolute Gasteiger partial charge is 0.292 e. The van der Waals surface area contributed by atoms with Crippen LogP contribution in [0.25, 0.3) is 62.3 Å². The van der Waals surface area contributed by atoms with E-state index in [1.807, 2.05) is 120 Å². The zero-order valence-corrected chi connectivity index (χ0v) is 21.3. The van der Waals surface area contributed by atoms with Crippen molar-refractivity contribution in [3.8, 4) is 51.2 Å². The molecule has 0 radical (unpaired) electrons. The minimum atomic E-state index is -0.326. The molecule has 5 nitrogen and oxygen atoms in total. The maximum Gasteiger partial charge on any atom is 0.164 e. The van der Waals surface area contributed by atoms with Crippen LogP contribution in [0.4, 0.5) is 4.39 Å². The van der Waals surface area contributed by atoms with Crippen LogP contribution in [0.5, 0.6) is 0 Å². The van der Waals surface area contributed by atoms with Gasteiger partial charge in [-0.1, -0.05) is 97.1 Å². The molecule has 2 aromatic heterocycles. The number of hydrogen-bond donors (Lipinski definition) is 0. The number of halogens is 1. The van der Waals surface area contributed by atoms with E-state index in [0.717, 1.165) is 33.4 Å². The predicted molar refractivity (Wildman–Crippen MR) is 156 cm³/mol. The number of nitrogens with zero attached hydrogens (tertiary/aromatic N) is 5. The van der Waals surface area contributed by atoms with Crippen molar-refractivity contribution >= 4 is 11.0 Å². The summed E-state index contributed by atoms with van der Waals surface area (Å²) in [5, 5.41) is 0. The zero-order chi connectivity index (χ0) is 26.9. The van der Waals surface area contributed by atoms with Crippen LogP contribution in [-0.2, 0) is 0 Å². The van der Waals surface area contributed by atoms with Crippen molar-refractivity contribution < 1.29 is 4.39 Å². The van der Waals surface area contributed by atoms with E-state index in [0.29, 0.717) is 28.9 Å². The average Bonchev–Trinajstić information content (AvgIpc) is 3.41. The average molecular weight is 520 g/mol. The van der Waals surface area contributed by atoms with Gasteiger partial charge in [-0.15, -0.1) is 0 Å². The summed E-state index contributed by atoms with van der Waals surface area (Å²) in [6.45, 7) is 0. The van der Waals surface area contributed by atoms with Crippen molar-refractivity contribution in [2.45, 2.75) is 0 Å². The minimum absolute atomic E-state index is 0.326. The maximum atomic E-state index is 15.0. The third kappa shape index (κ3) is 4.31. The smallest absolute Gasteiger partial charge is 0.164 e. The normalized spacial score (nSPS) is 11.1. The van der Waals surface area contributed by atoms with Gasteiger partial charge in [0.05, 0.1) is 16.6 Å². The van der Waals surface area contributed by atoms with Crippen molar-refractivity contribution in [1.82, 2.24) is 24.5 Å². The predicted octanol–water partition coefficient (Wildman–Crippen LogP) is 8.02. The SMILES string of the molecule is Fc1ccccc1-c1nc2ccccc2n1-c1cccc(-c2nc(-c3ccccc3)nc(-c3ccccc3)n2)c1. The van der Waals surface area contributed by atoms with Gasteiger partial charge in [-0.25, -0.2) is 24.3 Å². The monoisotopic (exact) mass is 519 g/mol. The molecule has 40 heavy (non-hydrogen) atoms. The fourth-order valence-electron chi connectivity index (χ4n) is 4.83. The molecule has 0 bridgehead atoms. The molecule has 0 amide bonds. The lowest BCUT2D eigenvalue weighted by molar-refractivity contribution is 0.629. The molecule has 0 N–H and O–H groups in total. The van der Waals surface area contributed by atoms with Crippen LogP contribution in [0.15, 0.2) is 133 Å². The molecule has 6 heteroatoms. The molecular weight excluding hydrogens is 497 g/mol. The van der Waals surface area contributed by atoms with E-state index < -0.39 is 0 Å². The Bertz CT molecular complexity index is 1910. The van der Waals surface area contributed by atoms with Gasteiger partial charge in [0.15, 0.2) is 17.5 Å². The first-order valence-corrected chi connectivity index (χ1v) is 12.9. The van der Waals surface area contributed by atoms with Crippen molar-refractivity contribution in [1.29, 1.82) is 0 Å². The summed E-state index contributed by atoms with van der Waals surface area (Å²) in [5.74, 6) is 1.94. The molecule has 7 rings (SSSR count). The highest BCUT2D eigenvalue weighted by molar-refractivity contribution is 5.84. The molecule has 0 fully saturated rings. The summed E-state index contributed by atoms with van der Waals surface area (Å²) in [5.41, 5.74) is 5.54. The van der Waals surface area contributed by atoms with Crippen molar-refractivity contribution in [3.05, 3.63) is 139 Å². The summed E-state index contributed by atoms with van der Waals surface area (Å²) in [4.78, 5) is 19.4. The van der Waals surface area contributed by atoms with Gasteiger partial charge < -0.3 is 0 Å². The van der Waals surface area contributed by atoms with Gasteiger partial charge in [-0.05, 0) is 36.4 Å². The fraction of sp³-hybridized carbons (Fsp3) is 0. The number of aromatic nitrogens is 5. The number of benzene rings is 5. The van der Waals surface area contributed by atoms with Crippen LogP contribution in [-0.4, -0.2) is 24.5 Å². The third-order valence-electron chi connectivity index (χ3n) is 6.74. The van der Waals surface area contributed by atoms with Crippen LogP contribution in [0, 0.1) is 5.82 Å². The van der Waals surface area contributed by atoms with Crippen molar-refractivity contribution in [2.75, 3.05) is 0 Å². The van der Waals surface area contributed by atoms with Gasteiger partial charge >= 0.3 is 0 Å². The standard InChI is InChI=1S/C34H22FN5/c35-28-19-8-7-18-27(28)34-36-29-20-9-10-21-30(29)40(34)26-17-11-16-25(22-26)33-38-31(23-12-3-1-4-13-23)37-32(39-33)24-14-5-2-6-15-24/h1-22H. The van der Waals surface area contributed by atoms with Gasteiger partial charge in [0.2, 0.25) is 0 Å². The lowest BCUT2D eigenvalue weighted by Gasteiger charge is -2.12. The lowest BCUT2D eigenvalue weighted by Crippen LogP contribution is -2.02. The Hall–Kier alpha value is -5.49. The molecule has 7 aromatic rings. The second kappa shape index (κ2) is 10.0. The van der Waals surface area contributed by atoms with E-state index in [2.05, 4.69) is 0 Å².